The molecule has 1 fully saturated rings. The second-order valence-electron chi connectivity index (χ2n) is 6.16. The lowest BCUT2D eigenvalue weighted by molar-refractivity contribution is 0.0634. The molecule has 1 saturated heterocycles. The van der Waals surface area contributed by atoms with E-state index in [-0.39, 0.29) is 0 Å². The molecule has 0 saturated carbocycles. The van der Waals surface area contributed by atoms with Crippen LogP contribution in [0.15, 0.2) is 0 Å². The molecule has 17 heavy (non-hydrogen) atoms. The highest BCUT2D eigenvalue weighted by Gasteiger charge is 2.32. The molecule has 1 aliphatic heterocycles. The molecular weight excluding hydrogens is 208 g/mol. The van der Waals surface area contributed by atoms with E-state index < -0.39 is 0 Å². The van der Waals surface area contributed by atoms with E-state index >= 15 is 0 Å². The zero-order valence-corrected chi connectivity index (χ0v) is 12.4. The summed E-state index contributed by atoms with van der Waals surface area (Å²) in [6.45, 7) is 13.0. The number of hydrogen-bond donors (Lipinski definition) is 1. The summed E-state index contributed by atoms with van der Waals surface area (Å²) in [4.78, 5) is 2.70. The third kappa shape index (κ3) is 4.97. The molecule has 102 valence electrons. The molecule has 0 aromatic carbocycles. The average molecular weight is 240 g/mol. The zero-order chi connectivity index (χ0) is 12.7. The predicted octanol–water partition coefficient (Wildman–Crippen LogP) is 3.42. The van der Waals surface area contributed by atoms with Crippen LogP contribution in [0.3, 0.4) is 0 Å². The number of rotatable bonds is 7. The van der Waals surface area contributed by atoms with E-state index in [1.165, 1.54) is 51.6 Å². The highest BCUT2D eigenvalue weighted by Crippen LogP contribution is 2.20. The Hall–Kier alpha value is -0.0800. The van der Waals surface area contributed by atoms with Crippen LogP contribution in [-0.4, -0.2) is 36.1 Å². The lowest BCUT2D eigenvalue weighted by Gasteiger charge is -2.46. The molecular formula is C15H32N2. The van der Waals surface area contributed by atoms with Crippen LogP contribution in [0, 0.1) is 0 Å². The fourth-order valence-corrected chi connectivity index (χ4v) is 2.66. The number of unbranched alkanes of at least 4 members (excludes halogenated alkanes) is 4. The van der Waals surface area contributed by atoms with Gasteiger partial charge in [-0.2, -0.15) is 0 Å². The summed E-state index contributed by atoms with van der Waals surface area (Å²) < 4.78 is 0. The molecule has 0 bridgehead atoms. The SMILES string of the molecule is CCCCCCCN1CC(CC)NCC1(C)C. The van der Waals surface area contributed by atoms with Crippen molar-refractivity contribution < 1.29 is 0 Å². The van der Waals surface area contributed by atoms with Crippen molar-refractivity contribution in [1.29, 1.82) is 0 Å². The van der Waals surface area contributed by atoms with Gasteiger partial charge in [-0.25, -0.2) is 0 Å². The zero-order valence-electron chi connectivity index (χ0n) is 12.4. The molecule has 1 N–H and O–H groups in total. The Bertz CT molecular complexity index is 201. The van der Waals surface area contributed by atoms with E-state index in [2.05, 4.69) is 37.9 Å². The Morgan fingerprint density at radius 3 is 2.47 bits per heavy atom. The van der Waals surface area contributed by atoms with Crippen molar-refractivity contribution in [3.8, 4) is 0 Å². The molecule has 0 aromatic heterocycles. The average Bonchev–Trinajstić information content (AvgIpc) is 2.30. The third-order valence-electron chi connectivity index (χ3n) is 4.14. The third-order valence-corrected chi connectivity index (χ3v) is 4.14. The Morgan fingerprint density at radius 2 is 1.82 bits per heavy atom. The van der Waals surface area contributed by atoms with Crippen LogP contribution in [-0.2, 0) is 0 Å². The molecule has 1 aliphatic rings. The maximum Gasteiger partial charge on any atom is 0.0278 e. The van der Waals surface area contributed by atoms with Gasteiger partial charge in [0, 0.05) is 24.7 Å². The lowest BCUT2D eigenvalue weighted by atomic mass is 9.96. The molecule has 1 rings (SSSR count). The summed E-state index contributed by atoms with van der Waals surface area (Å²) in [5, 5.41) is 3.66. The molecule has 1 unspecified atom stereocenters. The molecule has 0 aliphatic carbocycles. The van der Waals surface area contributed by atoms with Gasteiger partial charge in [-0.1, -0.05) is 39.5 Å². The van der Waals surface area contributed by atoms with Gasteiger partial charge in [-0.15, -0.1) is 0 Å². The van der Waals surface area contributed by atoms with Crippen LogP contribution in [0.1, 0.15) is 66.2 Å². The van der Waals surface area contributed by atoms with Crippen LogP contribution in [0.2, 0.25) is 0 Å². The van der Waals surface area contributed by atoms with Crippen molar-refractivity contribution in [3.05, 3.63) is 0 Å². The molecule has 2 heteroatoms. The summed E-state index contributed by atoms with van der Waals surface area (Å²) in [6, 6.07) is 0.707. The van der Waals surface area contributed by atoms with Crippen molar-refractivity contribution in [2.75, 3.05) is 19.6 Å². The second-order valence-corrected chi connectivity index (χ2v) is 6.16. The number of hydrogen-bond acceptors (Lipinski definition) is 2. The lowest BCUT2D eigenvalue weighted by Crippen LogP contribution is -2.61. The van der Waals surface area contributed by atoms with Crippen molar-refractivity contribution in [2.24, 2.45) is 0 Å². The number of piperazine rings is 1. The Balaban J connectivity index is 2.27. The maximum absolute atomic E-state index is 3.66. The van der Waals surface area contributed by atoms with Crippen molar-refractivity contribution in [2.45, 2.75) is 77.8 Å². The molecule has 0 amide bonds. The minimum absolute atomic E-state index is 0.344. The van der Waals surface area contributed by atoms with Gasteiger partial charge in [0.1, 0.15) is 0 Å². The first-order valence-electron chi connectivity index (χ1n) is 7.58. The largest absolute Gasteiger partial charge is 0.311 e. The summed E-state index contributed by atoms with van der Waals surface area (Å²) in [5.41, 5.74) is 0.344. The van der Waals surface area contributed by atoms with Crippen LogP contribution < -0.4 is 5.32 Å². The quantitative estimate of drug-likeness (QED) is 0.686. The van der Waals surface area contributed by atoms with Gasteiger partial charge >= 0.3 is 0 Å². The van der Waals surface area contributed by atoms with Gasteiger partial charge < -0.3 is 5.32 Å². The maximum atomic E-state index is 3.66. The van der Waals surface area contributed by atoms with Gasteiger partial charge in [0.05, 0.1) is 0 Å². The first kappa shape index (κ1) is 15.0. The summed E-state index contributed by atoms with van der Waals surface area (Å²) >= 11 is 0. The molecule has 1 atom stereocenters. The normalized spacial score (nSPS) is 25.1. The van der Waals surface area contributed by atoms with Crippen molar-refractivity contribution in [1.82, 2.24) is 10.2 Å². The molecule has 0 aromatic rings. The van der Waals surface area contributed by atoms with E-state index in [4.69, 9.17) is 0 Å². The Kier molecular flexibility index (Phi) is 6.50. The van der Waals surface area contributed by atoms with E-state index in [1.807, 2.05) is 0 Å². The van der Waals surface area contributed by atoms with Crippen LogP contribution in [0.4, 0.5) is 0 Å². The molecule has 0 radical (unpaired) electrons. The van der Waals surface area contributed by atoms with Gasteiger partial charge in [0.2, 0.25) is 0 Å². The topological polar surface area (TPSA) is 15.3 Å². The van der Waals surface area contributed by atoms with E-state index in [0.717, 1.165) is 6.54 Å². The van der Waals surface area contributed by atoms with Crippen LogP contribution >= 0.6 is 0 Å². The minimum atomic E-state index is 0.344. The molecule has 1 heterocycles. The second kappa shape index (κ2) is 7.38. The van der Waals surface area contributed by atoms with Gasteiger partial charge in [-0.3, -0.25) is 4.90 Å². The first-order valence-corrected chi connectivity index (χ1v) is 7.58. The summed E-state index contributed by atoms with van der Waals surface area (Å²) in [6.07, 6.45) is 8.20. The molecule has 2 nitrogen and oxygen atoms in total. The Labute approximate surface area is 108 Å². The van der Waals surface area contributed by atoms with E-state index in [1.54, 1.807) is 0 Å². The van der Waals surface area contributed by atoms with Crippen LogP contribution in [0.5, 0.6) is 0 Å². The summed E-state index contributed by atoms with van der Waals surface area (Å²) in [5.74, 6) is 0. The van der Waals surface area contributed by atoms with Gasteiger partial charge in [-0.05, 0) is 33.2 Å². The highest BCUT2D eigenvalue weighted by molar-refractivity contribution is 4.92. The van der Waals surface area contributed by atoms with E-state index in [0.29, 0.717) is 11.6 Å². The predicted molar refractivity (Wildman–Crippen MR) is 76.5 cm³/mol. The van der Waals surface area contributed by atoms with E-state index in [9.17, 15) is 0 Å². The smallest absolute Gasteiger partial charge is 0.0278 e. The van der Waals surface area contributed by atoms with Gasteiger partial charge in [0.15, 0.2) is 0 Å². The van der Waals surface area contributed by atoms with Crippen molar-refractivity contribution >= 4 is 0 Å². The standard InChI is InChI=1S/C15H32N2/c1-5-7-8-9-10-11-17-12-14(6-2)16-13-15(17,3)4/h14,16H,5-13H2,1-4H3. The molecule has 0 spiro atoms. The first-order chi connectivity index (χ1) is 8.10. The fraction of sp³-hybridized carbons (Fsp3) is 1.00. The number of nitrogens with one attached hydrogen (secondary N) is 1. The highest BCUT2D eigenvalue weighted by atomic mass is 15.3. The minimum Gasteiger partial charge on any atom is -0.311 e. The fourth-order valence-electron chi connectivity index (χ4n) is 2.66. The summed E-state index contributed by atoms with van der Waals surface area (Å²) in [7, 11) is 0. The van der Waals surface area contributed by atoms with Gasteiger partial charge in [0.25, 0.3) is 0 Å². The monoisotopic (exact) mass is 240 g/mol. The number of nitrogens with zero attached hydrogens (tertiary/aromatic N) is 1. The van der Waals surface area contributed by atoms with Crippen molar-refractivity contribution in [3.63, 3.8) is 0 Å². The Morgan fingerprint density at radius 1 is 1.12 bits per heavy atom. The van der Waals surface area contributed by atoms with Crippen LogP contribution in [0.25, 0.3) is 0 Å².